The number of hydrogen-bond donors (Lipinski definition) is 1. The molecule has 0 aliphatic carbocycles. The summed E-state index contributed by atoms with van der Waals surface area (Å²) in [6.07, 6.45) is 1.64. The molecule has 0 radical (unpaired) electrons. The second kappa shape index (κ2) is 6.54. The molecular formula is C16H9ClINO3S. The summed E-state index contributed by atoms with van der Waals surface area (Å²) in [6, 6.07) is 11.6. The molecule has 0 bridgehead atoms. The Kier molecular flexibility index (Phi) is 4.65. The lowest BCUT2D eigenvalue weighted by Crippen LogP contribution is -2.27. The number of benzene rings is 2. The van der Waals surface area contributed by atoms with Gasteiger partial charge in [-0.15, -0.1) is 0 Å². The van der Waals surface area contributed by atoms with Crippen LogP contribution in [-0.4, -0.2) is 16.3 Å². The minimum absolute atomic E-state index is 0.176. The van der Waals surface area contributed by atoms with E-state index in [4.69, 9.17) is 11.6 Å². The van der Waals surface area contributed by atoms with E-state index in [0.717, 1.165) is 22.2 Å². The molecule has 2 aromatic rings. The molecule has 0 saturated carbocycles. The van der Waals surface area contributed by atoms with Gasteiger partial charge >= 0.3 is 0 Å². The highest BCUT2D eigenvalue weighted by Gasteiger charge is 2.36. The summed E-state index contributed by atoms with van der Waals surface area (Å²) in [7, 11) is 0. The molecule has 3 rings (SSSR count). The zero-order valence-corrected chi connectivity index (χ0v) is 15.2. The average molecular weight is 458 g/mol. The maximum atomic E-state index is 12.5. The SMILES string of the molecule is O=C1SC(=Cc2ccc(O)c(I)c2)C(=O)N1c1cccc(Cl)c1. The van der Waals surface area contributed by atoms with Crippen molar-refractivity contribution >= 4 is 68.9 Å². The Bertz CT molecular complexity index is 853. The van der Waals surface area contributed by atoms with Gasteiger partial charge in [0.15, 0.2) is 0 Å². The van der Waals surface area contributed by atoms with Crippen molar-refractivity contribution in [2.45, 2.75) is 0 Å². The molecule has 23 heavy (non-hydrogen) atoms. The molecule has 0 aromatic heterocycles. The van der Waals surface area contributed by atoms with E-state index < -0.39 is 0 Å². The fourth-order valence-corrected chi connectivity index (χ4v) is 3.64. The molecule has 0 unspecified atom stereocenters. The van der Waals surface area contributed by atoms with Crippen molar-refractivity contribution in [1.82, 2.24) is 0 Å². The number of amides is 2. The van der Waals surface area contributed by atoms with Crippen molar-refractivity contribution in [1.29, 1.82) is 0 Å². The van der Waals surface area contributed by atoms with Crippen LogP contribution in [0.2, 0.25) is 5.02 Å². The van der Waals surface area contributed by atoms with Crippen LogP contribution in [0.3, 0.4) is 0 Å². The van der Waals surface area contributed by atoms with Gasteiger partial charge < -0.3 is 5.11 Å². The van der Waals surface area contributed by atoms with Crippen molar-refractivity contribution in [3.8, 4) is 5.75 Å². The van der Waals surface area contributed by atoms with Crippen molar-refractivity contribution in [2.24, 2.45) is 0 Å². The molecule has 1 fully saturated rings. The predicted molar refractivity (Wildman–Crippen MR) is 101 cm³/mol. The molecule has 0 spiro atoms. The summed E-state index contributed by atoms with van der Waals surface area (Å²) in [5, 5.41) is 9.63. The van der Waals surface area contributed by atoms with E-state index >= 15 is 0 Å². The maximum Gasteiger partial charge on any atom is 0.298 e. The zero-order chi connectivity index (χ0) is 16.6. The number of phenols is 1. The van der Waals surface area contributed by atoms with E-state index in [2.05, 4.69) is 0 Å². The highest BCUT2D eigenvalue weighted by molar-refractivity contribution is 14.1. The molecule has 0 atom stereocenters. The Morgan fingerprint density at radius 1 is 1.17 bits per heavy atom. The van der Waals surface area contributed by atoms with Gasteiger partial charge in [0.05, 0.1) is 14.2 Å². The van der Waals surface area contributed by atoms with Crippen LogP contribution in [-0.2, 0) is 4.79 Å². The normalized spacial score (nSPS) is 16.4. The van der Waals surface area contributed by atoms with E-state index in [1.165, 1.54) is 0 Å². The molecule has 2 amide bonds. The largest absolute Gasteiger partial charge is 0.507 e. The van der Waals surface area contributed by atoms with Crippen molar-refractivity contribution in [3.05, 3.63) is 61.5 Å². The first kappa shape index (κ1) is 16.4. The topological polar surface area (TPSA) is 57.6 Å². The smallest absolute Gasteiger partial charge is 0.298 e. The first-order valence-corrected chi connectivity index (χ1v) is 8.75. The van der Waals surface area contributed by atoms with Crippen LogP contribution >= 0.6 is 46.0 Å². The summed E-state index contributed by atoms with van der Waals surface area (Å²) in [4.78, 5) is 26.1. The van der Waals surface area contributed by atoms with E-state index in [9.17, 15) is 14.7 Å². The third kappa shape index (κ3) is 3.39. The van der Waals surface area contributed by atoms with Crippen molar-refractivity contribution < 1.29 is 14.7 Å². The van der Waals surface area contributed by atoms with Crippen LogP contribution < -0.4 is 4.90 Å². The first-order chi connectivity index (χ1) is 11.0. The number of anilines is 1. The molecule has 116 valence electrons. The van der Waals surface area contributed by atoms with Gasteiger partial charge in [-0.05, 0) is 76.3 Å². The quantitative estimate of drug-likeness (QED) is 0.515. The minimum Gasteiger partial charge on any atom is -0.507 e. The lowest BCUT2D eigenvalue weighted by atomic mass is 10.2. The van der Waals surface area contributed by atoms with Crippen LogP contribution in [0.25, 0.3) is 6.08 Å². The fraction of sp³-hybridized carbons (Fsp3) is 0. The van der Waals surface area contributed by atoms with Crippen LogP contribution in [0.4, 0.5) is 10.5 Å². The number of halogens is 2. The first-order valence-electron chi connectivity index (χ1n) is 6.48. The van der Waals surface area contributed by atoms with Gasteiger partial charge in [0.2, 0.25) is 0 Å². The maximum absolute atomic E-state index is 12.5. The molecule has 1 saturated heterocycles. The van der Waals surface area contributed by atoms with Crippen molar-refractivity contribution in [3.63, 3.8) is 0 Å². The molecule has 1 aliphatic rings. The van der Waals surface area contributed by atoms with Gasteiger partial charge in [-0.3, -0.25) is 9.59 Å². The van der Waals surface area contributed by atoms with Gasteiger partial charge in [0, 0.05) is 5.02 Å². The van der Waals surface area contributed by atoms with E-state index in [1.807, 2.05) is 22.6 Å². The third-order valence-electron chi connectivity index (χ3n) is 3.13. The second-order valence-corrected chi connectivity index (χ2v) is 7.30. The van der Waals surface area contributed by atoms with E-state index in [1.54, 1.807) is 48.5 Å². The summed E-state index contributed by atoms with van der Waals surface area (Å²) >= 11 is 8.80. The Morgan fingerprint density at radius 2 is 1.96 bits per heavy atom. The number of carbonyl (C=O) groups excluding carboxylic acids is 2. The Labute approximate surface area is 155 Å². The van der Waals surface area contributed by atoms with Crippen LogP contribution in [0.15, 0.2) is 47.4 Å². The molecule has 7 heteroatoms. The minimum atomic E-state index is -0.384. The summed E-state index contributed by atoms with van der Waals surface area (Å²) in [5.41, 5.74) is 1.19. The van der Waals surface area contributed by atoms with Crippen LogP contribution in [0.5, 0.6) is 5.75 Å². The van der Waals surface area contributed by atoms with E-state index in [-0.39, 0.29) is 16.9 Å². The lowest BCUT2D eigenvalue weighted by Gasteiger charge is -2.12. The van der Waals surface area contributed by atoms with Gasteiger partial charge in [-0.2, -0.15) is 0 Å². The van der Waals surface area contributed by atoms with Gasteiger partial charge in [0.1, 0.15) is 5.75 Å². The van der Waals surface area contributed by atoms with Crippen LogP contribution in [0.1, 0.15) is 5.56 Å². The number of carbonyl (C=O) groups is 2. The summed E-state index contributed by atoms with van der Waals surface area (Å²) in [6.45, 7) is 0. The number of aromatic hydroxyl groups is 1. The summed E-state index contributed by atoms with van der Waals surface area (Å²) < 4.78 is 0.672. The Hall–Kier alpha value is -1.51. The Morgan fingerprint density at radius 3 is 2.65 bits per heavy atom. The standard InChI is InChI=1S/C16H9ClINO3S/c17-10-2-1-3-11(8-10)19-15(21)14(23-16(19)22)7-9-4-5-13(20)12(18)6-9/h1-8,20H. The van der Waals surface area contributed by atoms with Crippen molar-refractivity contribution in [2.75, 3.05) is 4.90 Å². The number of nitrogens with zero attached hydrogens (tertiary/aromatic N) is 1. The number of rotatable bonds is 2. The van der Waals surface area contributed by atoms with Gasteiger partial charge in [-0.25, -0.2) is 4.90 Å². The van der Waals surface area contributed by atoms with Gasteiger partial charge in [0.25, 0.3) is 11.1 Å². The third-order valence-corrected chi connectivity index (χ3v) is 5.10. The van der Waals surface area contributed by atoms with Crippen LogP contribution in [0, 0.1) is 3.57 Å². The molecule has 1 heterocycles. The fourth-order valence-electron chi connectivity index (χ4n) is 2.07. The highest BCUT2D eigenvalue weighted by atomic mass is 127. The monoisotopic (exact) mass is 457 g/mol. The molecule has 1 aliphatic heterocycles. The number of imide groups is 1. The number of thioether (sulfide) groups is 1. The predicted octanol–water partition coefficient (Wildman–Crippen LogP) is 4.89. The molecule has 4 nitrogen and oxygen atoms in total. The average Bonchev–Trinajstić information content (AvgIpc) is 2.77. The number of phenolic OH excluding ortho intramolecular Hbond substituents is 1. The lowest BCUT2D eigenvalue weighted by molar-refractivity contribution is -0.113. The molecule has 1 N–H and O–H groups in total. The molecular weight excluding hydrogens is 449 g/mol. The second-order valence-electron chi connectivity index (χ2n) is 4.71. The molecule has 2 aromatic carbocycles. The summed E-state index contributed by atoms with van der Waals surface area (Å²) in [5.74, 6) is -0.208. The number of hydrogen-bond acceptors (Lipinski definition) is 4. The highest BCUT2D eigenvalue weighted by Crippen LogP contribution is 2.36. The Balaban J connectivity index is 1.94. The zero-order valence-electron chi connectivity index (χ0n) is 11.5. The van der Waals surface area contributed by atoms with E-state index in [0.29, 0.717) is 19.2 Å². The van der Waals surface area contributed by atoms with Gasteiger partial charge in [-0.1, -0.05) is 23.7 Å².